The summed E-state index contributed by atoms with van der Waals surface area (Å²) in [6.07, 6.45) is 0. The molecule has 74 valence electrons. The lowest BCUT2D eigenvalue weighted by atomic mass is 9.79. The van der Waals surface area contributed by atoms with E-state index in [1.54, 1.807) is 0 Å². The standard InChI is InChI=1S/C7H5BClFO4/c9-5-2-6(10)3(7(11)12)1-4(5)8(13)14/h1-2,13-14H,(H,11,12). The number of carboxylic acids is 1. The Balaban J connectivity index is 3.34. The molecule has 0 radical (unpaired) electrons. The Hall–Kier alpha value is -1.11. The Morgan fingerprint density at radius 3 is 2.43 bits per heavy atom. The summed E-state index contributed by atoms with van der Waals surface area (Å²) in [7, 11) is -1.93. The molecular weight excluding hydrogens is 213 g/mol. The Morgan fingerprint density at radius 1 is 1.43 bits per heavy atom. The van der Waals surface area contributed by atoms with Crippen LogP contribution < -0.4 is 5.46 Å². The van der Waals surface area contributed by atoms with E-state index in [2.05, 4.69) is 0 Å². The average Bonchev–Trinajstić information content (AvgIpc) is 2.02. The molecule has 0 saturated carbocycles. The van der Waals surface area contributed by atoms with E-state index >= 15 is 0 Å². The highest BCUT2D eigenvalue weighted by Gasteiger charge is 2.20. The SMILES string of the molecule is O=C(O)c1cc(B(O)O)c(Cl)cc1F. The highest BCUT2D eigenvalue weighted by molar-refractivity contribution is 6.62. The molecule has 0 heterocycles. The average molecular weight is 218 g/mol. The maximum atomic E-state index is 12.9. The molecule has 0 aliphatic carbocycles. The molecule has 0 unspecified atom stereocenters. The van der Waals surface area contributed by atoms with Crippen LogP contribution in [0.25, 0.3) is 0 Å². The highest BCUT2D eigenvalue weighted by atomic mass is 35.5. The lowest BCUT2D eigenvalue weighted by Crippen LogP contribution is -2.32. The van der Waals surface area contributed by atoms with E-state index < -0.39 is 24.5 Å². The fraction of sp³-hybridized carbons (Fsp3) is 0. The Morgan fingerprint density at radius 2 is 2.00 bits per heavy atom. The fourth-order valence-electron chi connectivity index (χ4n) is 0.927. The van der Waals surface area contributed by atoms with Gasteiger partial charge in [-0.25, -0.2) is 9.18 Å². The van der Waals surface area contributed by atoms with E-state index in [1.165, 1.54) is 0 Å². The van der Waals surface area contributed by atoms with Crippen molar-refractivity contribution in [3.8, 4) is 0 Å². The quantitative estimate of drug-likeness (QED) is 0.604. The van der Waals surface area contributed by atoms with Gasteiger partial charge in [0, 0.05) is 10.5 Å². The maximum absolute atomic E-state index is 12.9. The van der Waals surface area contributed by atoms with Crippen molar-refractivity contribution in [1.82, 2.24) is 0 Å². The second kappa shape index (κ2) is 3.95. The van der Waals surface area contributed by atoms with Gasteiger partial charge >= 0.3 is 13.1 Å². The zero-order chi connectivity index (χ0) is 10.9. The van der Waals surface area contributed by atoms with Gasteiger partial charge in [0.05, 0.1) is 5.56 Å². The Labute approximate surface area is 83.7 Å². The number of hydrogen-bond donors (Lipinski definition) is 3. The second-order valence-corrected chi connectivity index (χ2v) is 2.94. The van der Waals surface area contributed by atoms with Crippen molar-refractivity contribution in [2.45, 2.75) is 0 Å². The molecule has 0 bridgehead atoms. The number of carbonyl (C=O) groups is 1. The smallest absolute Gasteiger partial charge is 0.478 e. The van der Waals surface area contributed by atoms with Crippen LogP contribution in [0.5, 0.6) is 0 Å². The van der Waals surface area contributed by atoms with Crippen LogP contribution in [0.1, 0.15) is 10.4 Å². The predicted molar refractivity (Wildman–Crippen MR) is 48.2 cm³/mol. The minimum absolute atomic E-state index is 0.234. The summed E-state index contributed by atoms with van der Waals surface area (Å²) in [6.45, 7) is 0. The molecule has 14 heavy (non-hydrogen) atoms. The van der Waals surface area contributed by atoms with Crippen molar-refractivity contribution < 1.29 is 24.3 Å². The van der Waals surface area contributed by atoms with Crippen molar-refractivity contribution >= 4 is 30.2 Å². The zero-order valence-electron chi connectivity index (χ0n) is 6.74. The Bertz CT molecular complexity index is 382. The van der Waals surface area contributed by atoms with Gasteiger partial charge in [0.15, 0.2) is 0 Å². The lowest BCUT2D eigenvalue weighted by Gasteiger charge is -2.05. The number of hydrogen-bond acceptors (Lipinski definition) is 3. The molecule has 0 spiro atoms. The van der Waals surface area contributed by atoms with E-state index in [4.69, 9.17) is 26.8 Å². The van der Waals surface area contributed by atoms with Crippen LogP contribution in [-0.2, 0) is 0 Å². The van der Waals surface area contributed by atoms with Gasteiger partial charge < -0.3 is 15.2 Å². The molecule has 0 aliphatic heterocycles. The summed E-state index contributed by atoms with van der Waals surface area (Å²) < 4.78 is 12.9. The minimum atomic E-state index is -1.93. The third kappa shape index (κ3) is 2.04. The topological polar surface area (TPSA) is 77.8 Å². The third-order valence-corrected chi connectivity index (χ3v) is 1.92. The molecule has 1 aromatic rings. The first-order valence-corrected chi connectivity index (χ1v) is 3.89. The lowest BCUT2D eigenvalue weighted by molar-refractivity contribution is 0.0692. The Kier molecular flexibility index (Phi) is 3.10. The number of halogens is 2. The molecule has 1 aromatic carbocycles. The number of carboxylic acid groups (broad SMARTS) is 1. The van der Waals surface area contributed by atoms with Crippen LogP contribution in [0, 0.1) is 5.82 Å². The zero-order valence-corrected chi connectivity index (χ0v) is 7.49. The van der Waals surface area contributed by atoms with E-state index in [0.717, 1.165) is 12.1 Å². The number of benzene rings is 1. The van der Waals surface area contributed by atoms with Gasteiger partial charge in [-0.1, -0.05) is 11.6 Å². The van der Waals surface area contributed by atoms with E-state index in [1.807, 2.05) is 0 Å². The van der Waals surface area contributed by atoms with Gasteiger partial charge in [-0.05, 0) is 12.1 Å². The van der Waals surface area contributed by atoms with Gasteiger partial charge in [0.25, 0.3) is 0 Å². The van der Waals surface area contributed by atoms with E-state index in [-0.39, 0.29) is 10.5 Å². The van der Waals surface area contributed by atoms with Crippen molar-refractivity contribution in [3.05, 3.63) is 28.5 Å². The molecular formula is C7H5BClFO4. The summed E-state index contributed by atoms with van der Waals surface area (Å²) in [6, 6.07) is 1.50. The van der Waals surface area contributed by atoms with Gasteiger partial charge in [-0.2, -0.15) is 0 Å². The molecule has 1 rings (SSSR count). The fourth-order valence-corrected chi connectivity index (χ4v) is 1.18. The summed E-state index contributed by atoms with van der Waals surface area (Å²) in [5.41, 5.74) is -0.900. The summed E-state index contributed by atoms with van der Waals surface area (Å²) in [5, 5.41) is 25.8. The summed E-state index contributed by atoms with van der Waals surface area (Å²) >= 11 is 5.45. The van der Waals surface area contributed by atoms with Gasteiger partial charge in [-0.3, -0.25) is 0 Å². The highest BCUT2D eigenvalue weighted by Crippen LogP contribution is 2.13. The van der Waals surface area contributed by atoms with Crippen LogP contribution in [0.4, 0.5) is 4.39 Å². The van der Waals surface area contributed by atoms with Crippen molar-refractivity contribution in [3.63, 3.8) is 0 Å². The first kappa shape index (κ1) is 11.0. The number of aromatic carboxylic acids is 1. The van der Waals surface area contributed by atoms with Crippen molar-refractivity contribution in [1.29, 1.82) is 0 Å². The van der Waals surface area contributed by atoms with Crippen LogP contribution in [0.2, 0.25) is 5.02 Å². The van der Waals surface area contributed by atoms with Crippen LogP contribution >= 0.6 is 11.6 Å². The molecule has 4 nitrogen and oxygen atoms in total. The van der Waals surface area contributed by atoms with E-state index in [9.17, 15) is 9.18 Å². The summed E-state index contributed by atoms with van der Waals surface area (Å²) in [5.74, 6) is -2.52. The predicted octanol–water partition coefficient (Wildman–Crippen LogP) is -0.143. The molecule has 0 aromatic heterocycles. The van der Waals surface area contributed by atoms with Gasteiger partial charge in [0.1, 0.15) is 5.82 Å². The third-order valence-electron chi connectivity index (χ3n) is 1.59. The molecule has 3 N–H and O–H groups in total. The van der Waals surface area contributed by atoms with Gasteiger partial charge in [-0.15, -0.1) is 0 Å². The molecule has 0 amide bonds. The van der Waals surface area contributed by atoms with Crippen LogP contribution in [-0.4, -0.2) is 28.2 Å². The first-order valence-electron chi connectivity index (χ1n) is 3.52. The summed E-state index contributed by atoms with van der Waals surface area (Å²) in [4.78, 5) is 10.5. The molecule has 7 heteroatoms. The van der Waals surface area contributed by atoms with Crippen molar-refractivity contribution in [2.24, 2.45) is 0 Å². The molecule has 0 aliphatic rings. The van der Waals surface area contributed by atoms with Crippen LogP contribution in [0.15, 0.2) is 12.1 Å². The molecule has 0 fully saturated rings. The number of rotatable bonds is 2. The minimum Gasteiger partial charge on any atom is -0.478 e. The van der Waals surface area contributed by atoms with Crippen molar-refractivity contribution in [2.75, 3.05) is 0 Å². The molecule has 0 saturated heterocycles. The first-order chi connectivity index (χ1) is 6.43. The molecule has 0 atom stereocenters. The van der Waals surface area contributed by atoms with E-state index in [0.29, 0.717) is 0 Å². The second-order valence-electron chi connectivity index (χ2n) is 2.53. The monoisotopic (exact) mass is 218 g/mol. The van der Waals surface area contributed by atoms with Gasteiger partial charge in [0.2, 0.25) is 0 Å². The van der Waals surface area contributed by atoms with Crippen LogP contribution in [0.3, 0.4) is 0 Å². The largest absolute Gasteiger partial charge is 0.489 e. The maximum Gasteiger partial charge on any atom is 0.489 e. The normalized spacial score (nSPS) is 10.0.